The van der Waals surface area contributed by atoms with Crippen molar-refractivity contribution < 1.29 is 0 Å². The van der Waals surface area contributed by atoms with Gasteiger partial charge in [-0.05, 0) is 29.3 Å². The minimum atomic E-state index is 0.172. The van der Waals surface area contributed by atoms with E-state index in [0.29, 0.717) is 18.4 Å². The van der Waals surface area contributed by atoms with E-state index in [0.717, 1.165) is 5.56 Å². The molecule has 0 aliphatic rings. The lowest BCUT2D eigenvalue weighted by molar-refractivity contribution is 0.853. The summed E-state index contributed by atoms with van der Waals surface area (Å²) in [5, 5.41) is 3.02. The highest BCUT2D eigenvalue weighted by Gasteiger charge is 2.09. The van der Waals surface area contributed by atoms with Crippen molar-refractivity contribution in [2.75, 3.05) is 24.3 Å². The molecule has 2 heterocycles. The van der Waals surface area contributed by atoms with Crippen LogP contribution in [-0.2, 0) is 6.54 Å². The quantitative estimate of drug-likeness (QED) is 0.905. The number of rotatable bonds is 4. The molecule has 6 nitrogen and oxygen atoms in total. The average Bonchev–Trinajstić information content (AvgIpc) is 2.39. The first-order valence-electron chi connectivity index (χ1n) is 5.38. The molecule has 0 saturated heterocycles. The maximum atomic E-state index is 5.84. The summed E-state index contributed by atoms with van der Waals surface area (Å²) in [6, 6.07) is 3.89. The molecule has 0 unspecified atom stereocenters. The number of halogens is 1. The van der Waals surface area contributed by atoms with Crippen LogP contribution in [0, 0.1) is 0 Å². The van der Waals surface area contributed by atoms with Crippen LogP contribution >= 0.6 is 11.6 Å². The molecule has 0 saturated carbocycles. The molecule has 7 heteroatoms. The van der Waals surface area contributed by atoms with Crippen molar-refractivity contribution in [2.24, 2.45) is 0 Å². The second kappa shape index (κ2) is 5.59. The zero-order chi connectivity index (χ0) is 13.0. The van der Waals surface area contributed by atoms with Crippen LogP contribution in [0.15, 0.2) is 24.5 Å². The summed E-state index contributed by atoms with van der Waals surface area (Å²) in [5.41, 5.74) is 1.12. The van der Waals surface area contributed by atoms with Crippen molar-refractivity contribution in [1.82, 2.24) is 19.9 Å². The maximum absolute atomic E-state index is 5.84. The van der Waals surface area contributed by atoms with Crippen LogP contribution in [0.2, 0.25) is 5.28 Å². The summed E-state index contributed by atoms with van der Waals surface area (Å²) in [6.45, 7) is 0.673. The summed E-state index contributed by atoms with van der Waals surface area (Å²) in [6.07, 6.45) is 3.51. The van der Waals surface area contributed by atoms with Gasteiger partial charge in [0.2, 0.25) is 17.2 Å². The van der Waals surface area contributed by atoms with Crippen LogP contribution in [0.4, 0.5) is 11.9 Å². The van der Waals surface area contributed by atoms with E-state index in [-0.39, 0.29) is 5.28 Å². The van der Waals surface area contributed by atoms with Crippen molar-refractivity contribution in [3.8, 4) is 0 Å². The first kappa shape index (κ1) is 12.5. The normalized spacial score (nSPS) is 10.2. The average molecular weight is 265 g/mol. The van der Waals surface area contributed by atoms with Crippen molar-refractivity contribution >= 4 is 23.5 Å². The van der Waals surface area contributed by atoms with Crippen molar-refractivity contribution in [3.05, 3.63) is 35.4 Å². The van der Waals surface area contributed by atoms with Gasteiger partial charge in [0.25, 0.3) is 0 Å². The van der Waals surface area contributed by atoms with E-state index in [1.165, 1.54) is 0 Å². The Hall–Kier alpha value is -1.95. The molecule has 0 atom stereocenters. The predicted molar refractivity (Wildman–Crippen MR) is 70.7 cm³/mol. The molecule has 0 aromatic carbocycles. The van der Waals surface area contributed by atoms with Gasteiger partial charge in [-0.2, -0.15) is 15.0 Å². The van der Waals surface area contributed by atoms with E-state index >= 15 is 0 Å². The van der Waals surface area contributed by atoms with Crippen LogP contribution in [0.5, 0.6) is 0 Å². The van der Waals surface area contributed by atoms with Crippen LogP contribution in [0.25, 0.3) is 0 Å². The first-order chi connectivity index (χ1) is 8.69. The van der Waals surface area contributed by atoms with E-state index < -0.39 is 0 Å². The molecular formula is C11H13ClN6. The minimum absolute atomic E-state index is 0.172. The molecular weight excluding hydrogens is 252 g/mol. The highest BCUT2D eigenvalue weighted by atomic mass is 35.5. The van der Waals surface area contributed by atoms with Gasteiger partial charge in [-0.3, -0.25) is 4.98 Å². The summed E-state index contributed by atoms with van der Waals surface area (Å²) in [4.78, 5) is 18.1. The van der Waals surface area contributed by atoms with E-state index in [9.17, 15) is 0 Å². The molecule has 0 radical (unpaired) electrons. The first-order valence-corrected chi connectivity index (χ1v) is 5.76. The third-order valence-corrected chi connectivity index (χ3v) is 2.50. The van der Waals surface area contributed by atoms with Crippen molar-refractivity contribution in [1.29, 1.82) is 0 Å². The zero-order valence-corrected chi connectivity index (χ0v) is 10.9. The Labute approximate surface area is 110 Å². The number of hydrogen-bond acceptors (Lipinski definition) is 6. The number of nitrogens with one attached hydrogen (secondary N) is 1. The van der Waals surface area contributed by atoms with E-state index in [1.807, 2.05) is 24.1 Å². The van der Waals surface area contributed by atoms with Gasteiger partial charge in [0.1, 0.15) is 0 Å². The van der Waals surface area contributed by atoms with Crippen LogP contribution in [0.1, 0.15) is 5.56 Å². The van der Waals surface area contributed by atoms with E-state index in [4.69, 9.17) is 11.6 Å². The Morgan fingerprint density at radius 2 is 1.94 bits per heavy atom. The summed E-state index contributed by atoms with van der Waals surface area (Å²) < 4.78 is 0. The smallest absolute Gasteiger partial charge is 0.231 e. The Morgan fingerprint density at radius 3 is 2.61 bits per heavy atom. The van der Waals surface area contributed by atoms with Gasteiger partial charge in [-0.1, -0.05) is 0 Å². The minimum Gasteiger partial charge on any atom is -0.357 e. The van der Waals surface area contributed by atoms with Gasteiger partial charge in [0.15, 0.2) is 0 Å². The van der Waals surface area contributed by atoms with Crippen molar-refractivity contribution in [2.45, 2.75) is 6.54 Å². The van der Waals surface area contributed by atoms with Gasteiger partial charge in [-0.25, -0.2) is 0 Å². The third-order valence-electron chi connectivity index (χ3n) is 2.33. The summed E-state index contributed by atoms with van der Waals surface area (Å²) >= 11 is 5.84. The van der Waals surface area contributed by atoms with E-state index in [1.54, 1.807) is 19.4 Å². The molecule has 1 N–H and O–H groups in total. The SMILES string of the molecule is CNc1nc(Cl)nc(N(C)Cc2ccncc2)n1. The second-order valence-corrected chi connectivity index (χ2v) is 4.03. The maximum Gasteiger partial charge on any atom is 0.231 e. The lowest BCUT2D eigenvalue weighted by Gasteiger charge is -2.17. The highest BCUT2D eigenvalue weighted by Crippen LogP contribution is 2.14. The van der Waals surface area contributed by atoms with E-state index in [2.05, 4.69) is 25.3 Å². The number of pyridine rings is 1. The second-order valence-electron chi connectivity index (χ2n) is 3.69. The molecule has 2 aromatic heterocycles. The van der Waals surface area contributed by atoms with Crippen LogP contribution in [0.3, 0.4) is 0 Å². The van der Waals surface area contributed by atoms with Gasteiger partial charge in [0, 0.05) is 33.0 Å². The van der Waals surface area contributed by atoms with Gasteiger partial charge >= 0.3 is 0 Å². The molecule has 2 aromatic rings. The number of aromatic nitrogens is 4. The molecule has 0 spiro atoms. The van der Waals surface area contributed by atoms with Gasteiger partial charge in [0.05, 0.1) is 0 Å². The highest BCUT2D eigenvalue weighted by molar-refractivity contribution is 6.28. The van der Waals surface area contributed by atoms with Crippen molar-refractivity contribution in [3.63, 3.8) is 0 Å². The molecule has 18 heavy (non-hydrogen) atoms. The molecule has 0 bridgehead atoms. The van der Waals surface area contributed by atoms with Crippen LogP contribution in [-0.4, -0.2) is 34.0 Å². The Balaban J connectivity index is 2.18. The molecule has 0 amide bonds. The largest absolute Gasteiger partial charge is 0.357 e. The molecule has 0 aliphatic heterocycles. The standard InChI is InChI=1S/C11H13ClN6/c1-13-10-15-9(12)16-11(17-10)18(2)7-8-3-5-14-6-4-8/h3-6H,7H2,1-2H3,(H,13,15,16,17). The lowest BCUT2D eigenvalue weighted by Crippen LogP contribution is -2.20. The van der Waals surface area contributed by atoms with Gasteiger partial charge < -0.3 is 10.2 Å². The topological polar surface area (TPSA) is 66.8 Å². The van der Waals surface area contributed by atoms with Crippen LogP contribution < -0.4 is 10.2 Å². The number of nitrogens with zero attached hydrogens (tertiary/aromatic N) is 5. The molecule has 0 fully saturated rings. The third kappa shape index (κ3) is 3.04. The fraction of sp³-hybridized carbons (Fsp3) is 0.273. The monoisotopic (exact) mass is 264 g/mol. The molecule has 2 rings (SSSR count). The summed E-state index contributed by atoms with van der Waals surface area (Å²) in [7, 11) is 3.63. The number of anilines is 2. The zero-order valence-electron chi connectivity index (χ0n) is 10.1. The van der Waals surface area contributed by atoms with Gasteiger partial charge in [-0.15, -0.1) is 0 Å². The predicted octanol–water partition coefficient (Wildman–Crippen LogP) is 1.60. The molecule has 0 aliphatic carbocycles. The summed E-state index contributed by atoms with van der Waals surface area (Å²) in [5.74, 6) is 0.975. The Bertz CT molecular complexity index is 518. The fourth-order valence-corrected chi connectivity index (χ4v) is 1.61. The Morgan fingerprint density at radius 1 is 1.22 bits per heavy atom. The number of hydrogen-bond donors (Lipinski definition) is 1. The molecule has 94 valence electrons. The lowest BCUT2D eigenvalue weighted by atomic mass is 10.2. The fourth-order valence-electron chi connectivity index (χ4n) is 1.45. The Kier molecular flexibility index (Phi) is 3.88.